The molecule has 0 aliphatic carbocycles. The Morgan fingerprint density at radius 1 is 1.00 bits per heavy atom. The van der Waals surface area contributed by atoms with Crippen molar-refractivity contribution in [1.82, 2.24) is 4.98 Å². The smallest absolute Gasteiger partial charge is 0.227 e. The van der Waals surface area contributed by atoms with E-state index in [1.165, 1.54) is 0 Å². The molecule has 2 N–H and O–H groups in total. The number of benzene rings is 2. The maximum atomic E-state index is 5.72. The number of hydrogen-bond acceptors (Lipinski definition) is 3. The first kappa shape index (κ1) is 12.2. The van der Waals surface area contributed by atoms with Crippen LogP contribution in [0, 0.1) is 0 Å². The van der Waals surface area contributed by atoms with E-state index < -0.39 is 0 Å². The Labute approximate surface area is 106 Å². The second-order valence-corrected chi connectivity index (χ2v) is 3.61. The predicted octanol–water partition coefficient (Wildman–Crippen LogP) is 4.10. The van der Waals surface area contributed by atoms with Crippen LogP contribution in [0.1, 0.15) is 13.8 Å². The normalized spacial score (nSPS) is 9.89. The molecule has 0 saturated heterocycles. The SMILES string of the molecule is CC.Nc1cccc(-c2nc3ccccc3o2)c1. The molecular weight excluding hydrogens is 224 g/mol. The largest absolute Gasteiger partial charge is 0.436 e. The Bertz CT molecular complexity index is 611. The van der Waals surface area contributed by atoms with Crippen LogP contribution in [0.5, 0.6) is 0 Å². The minimum atomic E-state index is 0.605. The molecule has 0 aliphatic rings. The van der Waals surface area contributed by atoms with Gasteiger partial charge in [-0.2, -0.15) is 0 Å². The van der Waals surface area contributed by atoms with Gasteiger partial charge in [-0.25, -0.2) is 4.98 Å². The van der Waals surface area contributed by atoms with E-state index in [1.807, 2.05) is 62.4 Å². The topological polar surface area (TPSA) is 52.0 Å². The third-order valence-corrected chi connectivity index (χ3v) is 2.43. The van der Waals surface area contributed by atoms with Crippen molar-refractivity contribution >= 4 is 16.8 Å². The van der Waals surface area contributed by atoms with Crippen molar-refractivity contribution in [2.24, 2.45) is 0 Å². The molecule has 18 heavy (non-hydrogen) atoms. The van der Waals surface area contributed by atoms with E-state index in [-0.39, 0.29) is 0 Å². The third kappa shape index (κ3) is 2.35. The Balaban J connectivity index is 0.000000574. The average molecular weight is 240 g/mol. The van der Waals surface area contributed by atoms with E-state index in [0.29, 0.717) is 11.6 Å². The van der Waals surface area contributed by atoms with Crippen molar-refractivity contribution in [2.75, 3.05) is 5.73 Å². The van der Waals surface area contributed by atoms with Crippen LogP contribution < -0.4 is 5.73 Å². The molecule has 0 unspecified atom stereocenters. The number of hydrogen-bond donors (Lipinski definition) is 1. The van der Waals surface area contributed by atoms with Crippen LogP contribution >= 0.6 is 0 Å². The molecule has 2 aromatic carbocycles. The van der Waals surface area contributed by atoms with E-state index in [0.717, 1.165) is 16.7 Å². The van der Waals surface area contributed by atoms with Crippen molar-refractivity contribution in [2.45, 2.75) is 13.8 Å². The zero-order valence-corrected chi connectivity index (χ0v) is 10.6. The highest BCUT2D eigenvalue weighted by Gasteiger charge is 2.07. The fourth-order valence-corrected chi connectivity index (χ4v) is 1.67. The molecule has 3 heteroatoms. The number of para-hydroxylation sites is 2. The fourth-order valence-electron chi connectivity index (χ4n) is 1.67. The van der Waals surface area contributed by atoms with Crippen LogP contribution in [0.3, 0.4) is 0 Å². The van der Waals surface area contributed by atoms with Gasteiger partial charge in [0.1, 0.15) is 5.52 Å². The van der Waals surface area contributed by atoms with Crippen molar-refractivity contribution in [3.63, 3.8) is 0 Å². The summed E-state index contributed by atoms with van der Waals surface area (Å²) in [6.07, 6.45) is 0. The van der Waals surface area contributed by atoms with Gasteiger partial charge in [0.05, 0.1) is 0 Å². The molecule has 1 heterocycles. The van der Waals surface area contributed by atoms with E-state index in [4.69, 9.17) is 10.2 Å². The second-order valence-electron chi connectivity index (χ2n) is 3.61. The average Bonchev–Trinajstić information content (AvgIpc) is 2.85. The number of rotatable bonds is 1. The van der Waals surface area contributed by atoms with Crippen LogP contribution in [-0.4, -0.2) is 4.98 Å². The number of nitrogens with zero attached hydrogens (tertiary/aromatic N) is 1. The summed E-state index contributed by atoms with van der Waals surface area (Å²) in [7, 11) is 0. The van der Waals surface area contributed by atoms with Gasteiger partial charge in [0, 0.05) is 11.3 Å². The maximum Gasteiger partial charge on any atom is 0.227 e. The lowest BCUT2D eigenvalue weighted by Gasteiger charge is -1.95. The van der Waals surface area contributed by atoms with Crippen LogP contribution in [0.4, 0.5) is 5.69 Å². The van der Waals surface area contributed by atoms with E-state index in [9.17, 15) is 0 Å². The summed E-state index contributed by atoms with van der Waals surface area (Å²) in [6.45, 7) is 4.00. The number of nitrogen functional groups attached to an aromatic ring is 1. The van der Waals surface area contributed by atoms with E-state index in [2.05, 4.69) is 4.98 Å². The van der Waals surface area contributed by atoms with Crippen LogP contribution in [0.15, 0.2) is 52.9 Å². The Kier molecular flexibility index (Phi) is 3.63. The lowest BCUT2D eigenvalue weighted by Crippen LogP contribution is -1.84. The fraction of sp³-hybridized carbons (Fsp3) is 0.133. The zero-order valence-electron chi connectivity index (χ0n) is 10.6. The molecular formula is C15H16N2O. The predicted molar refractivity (Wildman–Crippen MR) is 75.2 cm³/mol. The summed E-state index contributed by atoms with van der Waals surface area (Å²) in [5.41, 5.74) is 8.98. The number of nitrogens with two attached hydrogens (primary N) is 1. The van der Waals surface area contributed by atoms with Crippen LogP contribution in [0.25, 0.3) is 22.6 Å². The van der Waals surface area contributed by atoms with E-state index in [1.54, 1.807) is 0 Å². The highest BCUT2D eigenvalue weighted by molar-refractivity contribution is 5.76. The maximum absolute atomic E-state index is 5.72. The first-order valence-electron chi connectivity index (χ1n) is 6.04. The number of aromatic nitrogens is 1. The van der Waals surface area contributed by atoms with Gasteiger partial charge < -0.3 is 10.2 Å². The van der Waals surface area contributed by atoms with Gasteiger partial charge in [0.15, 0.2) is 5.58 Å². The first-order chi connectivity index (χ1) is 8.83. The molecule has 0 spiro atoms. The summed E-state index contributed by atoms with van der Waals surface area (Å²) >= 11 is 0. The molecule has 1 aromatic heterocycles. The van der Waals surface area contributed by atoms with Crippen LogP contribution in [-0.2, 0) is 0 Å². The molecule has 3 rings (SSSR count). The lowest BCUT2D eigenvalue weighted by molar-refractivity contribution is 0.620. The molecule has 3 nitrogen and oxygen atoms in total. The Hall–Kier alpha value is -2.29. The molecule has 92 valence electrons. The quantitative estimate of drug-likeness (QED) is 0.651. The standard InChI is InChI=1S/C13H10N2O.C2H6/c14-10-5-3-4-9(8-10)13-15-11-6-1-2-7-12(11)16-13;1-2/h1-8H,14H2;1-2H3. The molecule has 0 aliphatic heterocycles. The molecule has 0 saturated carbocycles. The highest BCUT2D eigenvalue weighted by Crippen LogP contribution is 2.24. The number of oxazole rings is 1. The number of anilines is 1. The first-order valence-corrected chi connectivity index (χ1v) is 6.04. The molecule has 0 fully saturated rings. The minimum Gasteiger partial charge on any atom is -0.436 e. The van der Waals surface area contributed by atoms with Gasteiger partial charge in [-0.05, 0) is 30.3 Å². The van der Waals surface area contributed by atoms with Crippen molar-refractivity contribution in [3.8, 4) is 11.5 Å². The summed E-state index contributed by atoms with van der Waals surface area (Å²) in [4.78, 5) is 4.40. The van der Waals surface area contributed by atoms with Crippen molar-refractivity contribution < 1.29 is 4.42 Å². The lowest BCUT2D eigenvalue weighted by atomic mass is 10.2. The molecule has 0 radical (unpaired) electrons. The molecule has 0 amide bonds. The van der Waals surface area contributed by atoms with Crippen molar-refractivity contribution in [1.29, 1.82) is 0 Å². The van der Waals surface area contributed by atoms with E-state index >= 15 is 0 Å². The summed E-state index contributed by atoms with van der Waals surface area (Å²) < 4.78 is 5.64. The van der Waals surface area contributed by atoms with Crippen molar-refractivity contribution in [3.05, 3.63) is 48.5 Å². The zero-order chi connectivity index (χ0) is 13.0. The highest BCUT2D eigenvalue weighted by atomic mass is 16.3. The Morgan fingerprint density at radius 2 is 1.78 bits per heavy atom. The summed E-state index contributed by atoms with van der Waals surface area (Å²) in [6, 6.07) is 15.2. The second kappa shape index (κ2) is 5.36. The molecule has 0 bridgehead atoms. The monoisotopic (exact) mass is 240 g/mol. The number of fused-ring (bicyclic) bond motifs is 1. The molecule has 3 aromatic rings. The van der Waals surface area contributed by atoms with Gasteiger partial charge in [-0.15, -0.1) is 0 Å². The van der Waals surface area contributed by atoms with Gasteiger partial charge >= 0.3 is 0 Å². The molecule has 0 atom stereocenters. The van der Waals surface area contributed by atoms with Gasteiger partial charge in [0.25, 0.3) is 0 Å². The summed E-state index contributed by atoms with van der Waals surface area (Å²) in [5, 5.41) is 0. The van der Waals surface area contributed by atoms with Gasteiger partial charge in [-0.3, -0.25) is 0 Å². The Morgan fingerprint density at radius 3 is 2.50 bits per heavy atom. The minimum absolute atomic E-state index is 0.605. The summed E-state index contributed by atoms with van der Waals surface area (Å²) in [5.74, 6) is 0.605. The van der Waals surface area contributed by atoms with Crippen LogP contribution in [0.2, 0.25) is 0 Å². The van der Waals surface area contributed by atoms with Gasteiger partial charge in [0.2, 0.25) is 5.89 Å². The van der Waals surface area contributed by atoms with Gasteiger partial charge in [-0.1, -0.05) is 32.0 Å². The third-order valence-electron chi connectivity index (χ3n) is 2.43.